The molecule has 2 N–H and O–H groups in total. The quantitative estimate of drug-likeness (QED) is 0.793. The van der Waals surface area contributed by atoms with Gasteiger partial charge in [0, 0.05) is 44.0 Å². The van der Waals surface area contributed by atoms with Gasteiger partial charge in [-0.3, -0.25) is 0 Å². The monoisotopic (exact) mass is 421 g/mol. The topological polar surface area (TPSA) is 103 Å². The van der Waals surface area contributed by atoms with E-state index in [1.54, 1.807) is 6.07 Å². The van der Waals surface area contributed by atoms with Crippen LogP contribution >= 0.6 is 0 Å². The molecule has 2 fully saturated rings. The van der Waals surface area contributed by atoms with Crippen molar-refractivity contribution in [1.82, 2.24) is 19.9 Å². The minimum absolute atomic E-state index is 0.0225. The Labute approximate surface area is 173 Å². The minimum Gasteiger partial charge on any atom is -0.375 e. The van der Waals surface area contributed by atoms with Gasteiger partial charge in [0.1, 0.15) is 11.5 Å². The summed E-state index contributed by atoms with van der Waals surface area (Å²) >= 11 is 0. The first kappa shape index (κ1) is 20.6. The number of halogens is 2. The van der Waals surface area contributed by atoms with Crippen LogP contribution in [0, 0.1) is 0 Å². The van der Waals surface area contributed by atoms with Crippen molar-refractivity contribution in [3.63, 3.8) is 0 Å². The van der Waals surface area contributed by atoms with Crippen LogP contribution in [0.5, 0.6) is 0 Å². The summed E-state index contributed by atoms with van der Waals surface area (Å²) in [4.78, 5) is 21.1. The fraction of sp³-hybridized carbons (Fsp3) is 0.579. The highest BCUT2D eigenvalue weighted by atomic mass is 19.3. The summed E-state index contributed by atoms with van der Waals surface area (Å²) < 4.78 is 38.6. The van der Waals surface area contributed by atoms with E-state index in [9.17, 15) is 8.78 Å². The van der Waals surface area contributed by atoms with Crippen LogP contribution < -0.4 is 15.5 Å². The number of aromatic nitrogens is 4. The summed E-state index contributed by atoms with van der Waals surface area (Å²) in [5, 5.41) is 0. The van der Waals surface area contributed by atoms with E-state index in [4.69, 9.17) is 20.2 Å². The molecule has 0 saturated carbocycles. The number of hydrogen-bond donors (Lipinski definition) is 1. The molecule has 30 heavy (non-hydrogen) atoms. The van der Waals surface area contributed by atoms with Crippen LogP contribution in [0.2, 0.25) is 0 Å². The third-order valence-electron chi connectivity index (χ3n) is 5.11. The molecule has 2 aliphatic rings. The summed E-state index contributed by atoms with van der Waals surface area (Å²) in [6.07, 6.45) is -1.45. The van der Waals surface area contributed by atoms with Crippen LogP contribution in [0.1, 0.15) is 26.0 Å². The van der Waals surface area contributed by atoms with Crippen molar-refractivity contribution < 1.29 is 18.3 Å². The van der Waals surface area contributed by atoms with Crippen molar-refractivity contribution in [1.29, 1.82) is 0 Å². The van der Waals surface area contributed by atoms with Gasteiger partial charge in [0.05, 0.1) is 31.1 Å². The molecule has 0 bridgehead atoms. The molecule has 2 saturated heterocycles. The third-order valence-corrected chi connectivity index (χ3v) is 5.11. The first-order chi connectivity index (χ1) is 14.4. The lowest BCUT2D eigenvalue weighted by Gasteiger charge is -2.34. The molecule has 162 valence electrons. The van der Waals surface area contributed by atoms with Crippen LogP contribution in [0.15, 0.2) is 12.3 Å². The summed E-state index contributed by atoms with van der Waals surface area (Å²) in [5.41, 5.74) is 5.58. The molecule has 9 nitrogen and oxygen atoms in total. The number of anilines is 3. The minimum atomic E-state index is -2.81. The fourth-order valence-electron chi connectivity index (χ4n) is 3.66. The van der Waals surface area contributed by atoms with E-state index in [0.717, 1.165) is 0 Å². The first-order valence-electron chi connectivity index (χ1n) is 9.94. The van der Waals surface area contributed by atoms with Gasteiger partial charge < -0.3 is 25.0 Å². The van der Waals surface area contributed by atoms with Gasteiger partial charge in [-0.05, 0) is 13.8 Å². The summed E-state index contributed by atoms with van der Waals surface area (Å²) in [6.45, 7) is 7.61. The van der Waals surface area contributed by atoms with Crippen LogP contribution in [0.4, 0.5) is 26.5 Å². The molecule has 0 amide bonds. The Morgan fingerprint density at radius 1 is 1.03 bits per heavy atom. The third kappa shape index (κ3) is 4.41. The van der Waals surface area contributed by atoms with Gasteiger partial charge >= 0.3 is 0 Å². The van der Waals surface area contributed by atoms with Crippen LogP contribution in [-0.4, -0.2) is 71.5 Å². The number of rotatable bonds is 4. The molecular weight excluding hydrogens is 396 g/mol. The first-order valence-corrected chi connectivity index (χ1v) is 9.94. The molecule has 0 aromatic carbocycles. The van der Waals surface area contributed by atoms with Gasteiger partial charge in [-0.1, -0.05) is 0 Å². The van der Waals surface area contributed by atoms with Crippen molar-refractivity contribution in [3.8, 4) is 11.3 Å². The molecule has 0 spiro atoms. The number of morpholine rings is 2. The van der Waals surface area contributed by atoms with Gasteiger partial charge in [0.2, 0.25) is 11.9 Å². The number of alkyl halides is 2. The summed E-state index contributed by atoms with van der Waals surface area (Å²) in [7, 11) is 0. The van der Waals surface area contributed by atoms with Gasteiger partial charge in [-0.2, -0.15) is 4.98 Å². The lowest BCUT2D eigenvalue weighted by Crippen LogP contribution is -2.43. The van der Waals surface area contributed by atoms with Crippen molar-refractivity contribution in [2.24, 2.45) is 0 Å². The molecule has 11 heteroatoms. The highest BCUT2D eigenvalue weighted by Gasteiger charge is 2.26. The Bertz CT molecular complexity index is 861. The second-order valence-corrected chi connectivity index (χ2v) is 7.49. The lowest BCUT2D eigenvalue weighted by molar-refractivity contribution is 0.0522. The molecule has 0 unspecified atom stereocenters. The van der Waals surface area contributed by atoms with Crippen LogP contribution in [0.3, 0.4) is 0 Å². The number of hydrogen-bond acceptors (Lipinski definition) is 9. The van der Waals surface area contributed by atoms with E-state index >= 15 is 0 Å². The number of ether oxygens (including phenoxy) is 2. The average Bonchev–Trinajstić information content (AvgIpc) is 2.73. The standard InChI is InChI=1S/C19H25F2N7O2/c1-11-9-27(3-5-29-11)15-7-14(13-8-23-18(22)26-16(13)17(20)21)24-19(25-15)28-4-6-30-12(2)10-28/h7-8,11-12,17H,3-6,9-10H2,1-2H3,(H2,22,23,26)/t11-,12-/m0/s1. The Balaban J connectivity index is 1.80. The summed E-state index contributed by atoms with van der Waals surface area (Å²) in [5.74, 6) is 0.919. The van der Waals surface area contributed by atoms with E-state index in [1.165, 1.54) is 6.20 Å². The molecule has 0 aliphatic carbocycles. The molecule has 2 atom stereocenters. The van der Waals surface area contributed by atoms with Crippen LogP contribution in [-0.2, 0) is 9.47 Å². The van der Waals surface area contributed by atoms with Crippen molar-refractivity contribution in [3.05, 3.63) is 18.0 Å². The highest BCUT2D eigenvalue weighted by molar-refractivity contribution is 5.67. The van der Waals surface area contributed by atoms with Crippen LogP contribution in [0.25, 0.3) is 11.3 Å². The molecule has 0 radical (unpaired) electrons. The molecular formula is C19H25F2N7O2. The van der Waals surface area contributed by atoms with Crippen molar-refractivity contribution >= 4 is 17.7 Å². The second-order valence-electron chi connectivity index (χ2n) is 7.49. The van der Waals surface area contributed by atoms with E-state index in [0.29, 0.717) is 56.9 Å². The van der Waals surface area contributed by atoms with E-state index in [2.05, 4.69) is 19.9 Å². The smallest absolute Gasteiger partial charge is 0.281 e. The van der Waals surface area contributed by atoms with Crippen molar-refractivity contribution in [2.75, 3.05) is 54.9 Å². The number of nitrogens with two attached hydrogens (primary N) is 1. The van der Waals surface area contributed by atoms with E-state index < -0.39 is 12.1 Å². The average molecular weight is 421 g/mol. The molecule has 2 aliphatic heterocycles. The van der Waals surface area contributed by atoms with Gasteiger partial charge in [-0.25, -0.2) is 23.7 Å². The molecule has 4 heterocycles. The fourth-order valence-corrected chi connectivity index (χ4v) is 3.66. The zero-order chi connectivity index (χ0) is 21.3. The molecule has 2 aromatic rings. The Hall–Kier alpha value is -2.66. The predicted molar refractivity (Wildman–Crippen MR) is 108 cm³/mol. The Morgan fingerprint density at radius 2 is 1.70 bits per heavy atom. The number of nitrogens with zero attached hydrogens (tertiary/aromatic N) is 6. The zero-order valence-corrected chi connectivity index (χ0v) is 17.0. The number of nitrogen functional groups attached to an aromatic ring is 1. The second kappa shape index (κ2) is 8.60. The largest absolute Gasteiger partial charge is 0.375 e. The molecule has 2 aromatic heterocycles. The maximum Gasteiger partial charge on any atom is 0.281 e. The van der Waals surface area contributed by atoms with E-state index in [-0.39, 0.29) is 23.7 Å². The zero-order valence-electron chi connectivity index (χ0n) is 17.0. The maximum absolute atomic E-state index is 13.7. The van der Waals surface area contributed by atoms with E-state index in [1.807, 2.05) is 18.7 Å². The van der Waals surface area contributed by atoms with Gasteiger partial charge in [0.15, 0.2) is 0 Å². The lowest BCUT2D eigenvalue weighted by atomic mass is 10.1. The van der Waals surface area contributed by atoms with Gasteiger partial charge in [-0.15, -0.1) is 0 Å². The predicted octanol–water partition coefficient (Wildman–Crippen LogP) is 1.90. The van der Waals surface area contributed by atoms with Gasteiger partial charge in [0.25, 0.3) is 6.43 Å². The Morgan fingerprint density at radius 3 is 2.37 bits per heavy atom. The maximum atomic E-state index is 13.7. The summed E-state index contributed by atoms with van der Waals surface area (Å²) in [6, 6.07) is 1.70. The SMILES string of the molecule is C[C@H]1CN(c2cc(-c3cnc(N)nc3C(F)F)nc(N3CCO[C@@H](C)C3)n2)CCO1. The highest BCUT2D eigenvalue weighted by Crippen LogP contribution is 2.32. The van der Waals surface area contributed by atoms with Crippen molar-refractivity contribution in [2.45, 2.75) is 32.5 Å². The normalized spacial score (nSPS) is 22.6. The Kier molecular flexibility index (Phi) is 5.91. The molecule has 4 rings (SSSR count).